The third kappa shape index (κ3) is 3.92. The molecule has 28 heavy (non-hydrogen) atoms. The van der Waals surface area contributed by atoms with Gasteiger partial charge < -0.3 is 14.6 Å². The highest BCUT2D eigenvalue weighted by Crippen LogP contribution is 2.33. The second-order valence-electron chi connectivity index (χ2n) is 6.87. The Morgan fingerprint density at radius 2 is 1.89 bits per heavy atom. The van der Waals surface area contributed by atoms with Gasteiger partial charge in [0, 0.05) is 18.0 Å². The van der Waals surface area contributed by atoms with E-state index in [1.54, 1.807) is 6.07 Å². The molecule has 0 bridgehead atoms. The minimum Gasteiger partial charge on any atom is -0.507 e. The van der Waals surface area contributed by atoms with Gasteiger partial charge in [0.2, 0.25) is 0 Å². The molecule has 0 amide bonds. The van der Waals surface area contributed by atoms with Gasteiger partial charge in [-0.05, 0) is 29.2 Å². The highest BCUT2D eigenvalue weighted by atomic mass is 16.4. The molecule has 0 aliphatic heterocycles. The van der Waals surface area contributed by atoms with Crippen molar-refractivity contribution in [2.45, 2.75) is 32.9 Å². The summed E-state index contributed by atoms with van der Waals surface area (Å²) in [5.41, 5.74) is 1.64. The van der Waals surface area contributed by atoms with Crippen molar-refractivity contribution in [3.63, 3.8) is 0 Å². The van der Waals surface area contributed by atoms with Gasteiger partial charge in [0.1, 0.15) is 17.4 Å². The molecule has 0 saturated heterocycles. The minimum atomic E-state index is -0.958. The van der Waals surface area contributed by atoms with E-state index in [4.69, 9.17) is 4.42 Å². The summed E-state index contributed by atoms with van der Waals surface area (Å²) in [6.07, 6.45) is 0.693. The molecule has 1 aromatic heterocycles. The number of phenols is 1. The van der Waals surface area contributed by atoms with Gasteiger partial charge in [-0.2, -0.15) is 0 Å². The first-order valence-corrected chi connectivity index (χ1v) is 9.22. The summed E-state index contributed by atoms with van der Waals surface area (Å²) in [7, 11) is 0. The van der Waals surface area contributed by atoms with Crippen molar-refractivity contribution >= 4 is 16.9 Å². The number of aromatic hydroxyl groups is 1. The van der Waals surface area contributed by atoms with Crippen molar-refractivity contribution in [1.82, 2.24) is 5.32 Å². The number of carbonyl (C=O) groups is 1. The highest BCUT2D eigenvalue weighted by Gasteiger charge is 2.24. The lowest BCUT2D eigenvalue weighted by molar-refractivity contribution is -0.140. The summed E-state index contributed by atoms with van der Waals surface area (Å²) >= 11 is 0. The Bertz CT molecular complexity index is 1040. The largest absolute Gasteiger partial charge is 0.507 e. The Hall–Kier alpha value is -3.12. The van der Waals surface area contributed by atoms with E-state index in [0.717, 1.165) is 5.56 Å². The fraction of sp³-hybridized carbons (Fsp3) is 0.273. The highest BCUT2D eigenvalue weighted by molar-refractivity contribution is 5.95. The molecule has 146 valence electrons. The van der Waals surface area contributed by atoms with Gasteiger partial charge in [-0.1, -0.05) is 50.6 Å². The van der Waals surface area contributed by atoms with Crippen LogP contribution in [0, 0.1) is 5.92 Å². The zero-order valence-electron chi connectivity index (χ0n) is 15.8. The molecule has 1 heterocycles. The fourth-order valence-corrected chi connectivity index (χ4v) is 3.28. The number of rotatable bonds is 7. The van der Waals surface area contributed by atoms with E-state index in [1.807, 2.05) is 44.2 Å². The van der Waals surface area contributed by atoms with Crippen molar-refractivity contribution in [1.29, 1.82) is 0 Å². The maximum atomic E-state index is 12.2. The first kappa shape index (κ1) is 19.6. The van der Waals surface area contributed by atoms with Crippen molar-refractivity contribution < 1.29 is 19.4 Å². The lowest BCUT2D eigenvalue weighted by Gasteiger charge is -2.21. The quantitative estimate of drug-likeness (QED) is 0.539. The molecular formula is C22H23NO5. The Morgan fingerprint density at radius 3 is 2.54 bits per heavy atom. The third-order valence-corrected chi connectivity index (χ3v) is 5.05. The number of carboxylic acids is 1. The van der Waals surface area contributed by atoms with Gasteiger partial charge in [0.05, 0.1) is 5.56 Å². The van der Waals surface area contributed by atoms with Crippen molar-refractivity contribution in [3.05, 3.63) is 64.5 Å². The van der Waals surface area contributed by atoms with E-state index in [1.165, 1.54) is 12.1 Å². The van der Waals surface area contributed by atoms with Crippen LogP contribution >= 0.6 is 0 Å². The topological polar surface area (TPSA) is 99.8 Å². The number of aliphatic carboxylic acids is 1. The smallest absolute Gasteiger partial charge is 0.336 e. The average molecular weight is 381 g/mol. The predicted octanol–water partition coefficient (Wildman–Crippen LogP) is 3.75. The van der Waals surface area contributed by atoms with Gasteiger partial charge in [-0.3, -0.25) is 10.1 Å². The number of nitrogens with one attached hydrogen (secondary N) is 1. The van der Waals surface area contributed by atoms with Crippen LogP contribution in [-0.2, 0) is 11.3 Å². The van der Waals surface area contributed by atoms with Crippen molar-refractivity contribution in [3.8, 4) is 16.9 Å². The molecule has 0 aliphatic rings. The summed E-state index contributed by atoms with van der Waals surface area (Å²) in [5.74, 6) is -1.11. The monoisotopic (exact) mass is 381 g/mol. The normalized spacial score (nSPS) is 13.4. The van der Waals surface area contributed by atoms with E-state index in [2.05, 4.69) is 5.32 Å². The Kier molecular flexibility index (Phi) is 5.80. The van der Waals surface area contributed by atoms with Crippen LogP contribution in [0.5, 0.6) is 5.75 Å². The molecule has 0 spiro atoms. The van der Waals surface area contributed by atoms with Crippen molar-refractivity contribution in [2.24, 2.45) is 5.92 Å². The SMILES string of the molecule is CC[C@@H](C)[C@@H](NCc1c(O)ccc2c(-c3ccccc3)cc(=O)oc12)C(=O)O. The molecule has 3 aromatic rings. The van der Waals surface area contributed by atoms with Gasteiger partial charge in [-0.15, -0.1) is 0 Å². The second-order valence-corrected chi connectivity index (χ2v) is 6.87. The van der Waals surface area contributed by atoms with Crippen molar-refractivity contribution in [2.75, 3.05) is 0 Å². The van der Waals surface area contributed by atoms with Crippen LogP contribution in [0.25, 0.3) is 22.1 Å². The maximum Gasteiger partial charge on any atom is 0.336 e. The Balaban J connectivity index is 2.08. The maximum absolute atomic E-state index is 12.2. The molecule has 6 heteroatoms. The Labute approximate surface area is 162 Å². The zero-order valence-corrected chi connectivity index (χ0v) is 15.8. The fourth-order valence-electron chi connectivity index (χ4n) is 3.28. The second kappa shape index (κ2) is 8.27. The molecule has 2 atom stereocenters. The molecule has 3 N–H and O–H groups in total. The van der Waals surface area contributed by atoms with Crippen LogP contribution in [0.4, 0.5) is 0 Å². The van der Waals surface area contributed by atoms with Crippen LogP contribution in [0.15, 0.2) is 57.7 Å². The first-order valence-electron chi connectivity index (χ1n) is 9.22. The van der Waals surface area contributed by atoms with Gasteiger partial charge in [-0.25, -0.2) is 4.79 Å². The third-order valence-electron chi connectivity index (χ3n) is 5.05. The van der Waals surface area contributed by atoms with E-state index in [0.29, 0.717) is 22.9 Å². The molecule has 0 fully saturated rings. The Morgan fingerprint density at radius 1 is 1.18 bits per heavy atom. The summed E-state index contributed by atoms with van der Waals surface area (Å²) in [6, 6.07) is 13.3. The minimum absolute atomic E-state index is 0.0540. The van der Waals surface area contributed by atoms with E-state index >= 15 is 0 Å². The summed E-state index contributed by atoms with van der Waals surface area (Å²) in [5, 5.41) is 23.5. The van der Waals surface area contributed by atoms with Crippen LogP contribution in [0.3, 0.4) is 0 Å². The molecule has 0 saturated carbocycles. The first-order chi connectivity index (χ1) is 13.4. The molecule has 6 nitrogen and oxygen atoms in total. The number of hydrogen-bond acceptors (Lipinski definition) is 5. The molecular weight excluding hydrogens is 358 g/mol. The predicted molar refractivity (Wildman–Crippen MR) is 107 cm³/mol. The molecule has 2 aromatic carbocycles. The number of fused-ring (bicyclic) bond motifs is 1. The molecule has 3 rings (SSSR count). The van der Waals surface area contributed by atoms with Crippen LogP contribution in [0.1, 0.15) is 25.8 Å². The molecule has 0 unspecified atom stereocenters. The van der Waals surface area contributed by atoms with E-state index in [9.17, 15) is 19.8 Å². The summed E-state index contributed by atoms with van der Waals surface area (Å²) in [4.78, 5) is 23.7. The number of carboxylic acid groups (broad SMARTS) is 1. The number of benzene rings is 2. The zero-order chi connectivity index (χ0) is 20.3. The van der Waals surface area contributed by atoms with Crippen LogP contribution in [0.2, 0.25) is 0 Å². The van der Waals surface area contributed by atoms with E-state index < -0.39 is 17.6 Å². The van der Waals surface area contributed by atoms with E-state index in [-0.39, 0.29) is 23.8 Å². The standard InChI is InChI=1S/C22H23NO5/c1-3-13(2)20(22(26)27)23-12-17-18(24)10-9-15-16(11-19(25)28-21(15)17)14-7-5-4-6-8-14/h4-11,13,20,23-24H,3,12H2,1-2H3,(H,26,27)/t13-,20-/m1/s1. The summed E-state index contributed by atoms with van der Waals surface area (Å²) in [6.45, 7) is 3.83. The van der Waals surface area contributed by atoms with Crippen LogP contribution in [-0.4, -0.2) is 22.2 Å². The van der Waals surface area contributed by atoms with Gasteiger partial charge in [0.15, 0.2) is 0 Å². The summed E-state index contributed by atoms with van der Waals surface area (Å²) < 4.78 is 5.41. The molecule has 0 aliphatic carbocycles. The van der Waals surface area contributed by atoms with Gasteiger partial charge in [0.25, 0.3) is 0 Å². The lowest BCUT2D eigenvalue weighted by Crippen LogP contribution is -2.41. The van der Waals surface area contributed by atoms with Gasteiger partial charge >= 0.3 is 11.6 Å². The lowest BCUT2D eigenvalue weighted by atomic mass is 9.97. The number of phenolic OH excluding ortho intramolecular Hbond substituents is 1. The average Bonchev–Trinajstić information content (AvgIpc) is 2.69. The van der Waals surface area contributed by atoms with Crippen LogP contribution < -0.4 is 10.9 Å². The molecule has 0 radical (unpaired) electrons. The number of hydrogen-bond donors (Lipinski definition) is 3.